The molecule has 1 N–H and O–H groups in total. The van der Waals surface area contributed by atoms with Crippen molar-refractivity contribution in [2.24, 2.45) is 0 Å². The van der Waals surface area contributed by atoms with Gasteiger partial charge in [-0.2, -0.15) is 0 Å². The number of rotatable bonds is 4. The summed E-state index contributed by atoms with van der Waals surface area (Å²) in [6.07, 6.45) is 2.00. The molecule has 4 heteroatoms. The van der Waals surface area contributed by atoms with E-state index >= 15 is 0 Å². The van der Waals surface area contributed by atoms with Gasteiger partial charge in [0.2, 0.25) is 0 Å². The maximum Gasteiger partial charge on any atom is 0.131 e. The second kappa shape index (κ2) is 6.16. The molecule has 1 aliphatic rings. The standard InChI is InChI=1S/C14H24N4/c1-4-15-10-13-9-12(2)14(16-11-13)18-7-5-17(3)6-8-18/h9,11,15H,4-8,10H2,1-3H3. The molecule has 1 aromatic rings. The zero-order valence-corrected chi connectivity index (χ0v) is 11.7. The largest absolute Gasteiger partial charge is 0.354 e. The summed E-state index contributed by atoms with van der Waals surface area (Å²) in [5.41, 5.74) is 2.56. The van der Waals surface area contributed by atoms with Gasteiger partial charge in [0.05, 0.1) is 0 Å². The highest BCUT2D eigenvalue weighted by Gasteiger charge is 2.16. The fraction of sp³-hybridized carbons (Fsp3) is 0.643. The lowest BCUT2D eigenvalue weighted by Gasteiger charge is -2.34. The first-order valence-corrected chi connectivity index (χ1v) is 6.80. The summed E-state index contributed by atoms with van der Waals surface area (Å²) in [6, 6.07) is 2.25. The molecule has 0 bridgehead atoms. The van der Waals surface area contributed by atoms with Gasteiger partial charge in [0.15, 0.2) is 0 Å². The molecule has 1 fully saturated rings. The second-order valence-electron chi connectivity index (χ2n) is 5.05. The predicted octanol–water partition coefficient (Wildman–Crippen LogP) is 1.25. The Morgan fingerprint density at radius 3 is 2.61 bits per heavy atom. The average molecular weight is 248 g/mol. The summed E-state index contributed by atoms with van der Waals surface area (Å²) < 4.78 is 0. The van der Waals surface area contributed by atoms with Gasteiger partial charge in [-0.3, -0.25) is 0 Å². The number of hydrogen-bond donors (Lipinski definition) is 1. The first kappa shape index (κ1) is 13.3. The molecular weight excluding hydrogens is 224 g/mol. The van der Waals surface area contributed by atoms with Gasteiger partial charge in [0.1, 0.15) is 5.82 Å². The summed E-state index contributed by atoms with van der Waals surface area (Å²) >= 11 is 0. The van der Waals surface area contributed by atoms with Crippen LogP contribution in [0.25, 0.3) is 0 Å². The fourth-order valence-corrected chi connectivity index (χ4v) is 2.34. The van der Waals surface area contributed by atoms with Crippen molar-refractivity contribution in [1.82, 2.24) is 15.2 Å². The van der Waals surface area contributed by atoms with Crippen LogP contribution in [0.15, 0.2) is 12.3 Å². The van der Waals surface area contributed by atoms with Crippen molar-refractivity contribution in [2.45, 2.75) is 20.4 Å². The van der Waals surface area contributed by atoms with Crippen molar-refractivity contribution in [3.05, 3.63) is 23.4 Å². The number of aryl methyl sites for hydroxylation is 1. The lowest BCUT2D eigenvalue weighted by molar-refractivity contribution is 0.312. The van der Waals surface area contributed by atoms with Crippen LogP contribution in [-0.2, 0) is 6.54 Å². The van der Waals surface area contributed by atoms with E-state index in [0.29, 0.717) is 0 Å². The lowest BCUT2D eigenvalue weighted by Crippen LogP contribution is -2.45. The Morgan fingerprint density at radius 1 is 1.28 bits per heavy atom. The molecule has 0 radical (unpaired) electrons. The van der Waals surface area contributed by atoms with Gasteiger partial charge < -0.3 is 15.1 Å². The van der Waals surface area contributed by atoms with Crippen LogP contribution < -0.4 is 10.2 Å². The van der Waals surface area contributed by atoms with E-state index in [1.165, 1.54) is 11.1 Å². The Morgan fingerprint density at radius 2 is 2.00 bits per heavy atom. The molecule has 0 saturated carbocycles. The molecule has 1 aromatic heterocycles. The Hall–Kier alpha value is -1.13. The van der Waals surface area contributed by atoms with Crippen molar-refractivity contribution >= 4 is 5.82 Å². The first-order chi connectivity index (χ1) is 8.70. The van der Waals surface area contributed by atoms with Crippen LogP contribution in [-0.4, -0.2) is 49.7 Å². The molecule has 2 rings (SSSR count). The highest BCUT2D eigenvalue weighted by molar-refractivity contribution is 5.47. The van der Waals surface area contributed by atoms with Gasteiger partial charge in [-0.25, -0.2) is 4.98 Å². The molecular formula is C14H24N4. The van der Waals surface area contributed by atoms with Gasteiger partial charge in [0.25, 0.3) is 0 Å². The van der Waals surface area contributed by atoms with Crippen molar-refractivity contribution in [3.63, 3.8) is 0 Å². The number of likely N-dealkylation sites (N-methyl/N-ethyl adjacent to an activating group) is 1. The minimum atomic E-state index is 0.910. The van der Waals surface area contributed by atoms with E-state index in [9.17, 15) is 0 Å². The molecule has 18 heavy (non-hydrogen) atoms. The summed E-state index contributed by atoms with van der Waals surface area (Å²) in [7, 11) is 2.18. The number of nitrogens with zero attached hydrogens (tertiary/aromatic N) is 3. The van der Waals surface area contributed by atoms with E-state index in [1.807, 2.05) is 6.20 Å². The SMILES string of the molecule is CCNCc1cnc(N2CCN(C)CC2)c(C)c1. The molecule has 0 unspecified atom stereocenters. The number of aromatic nitrogens is 1. The molecule has 1 saturated heterocycles. The topological polar surface area (TPSA) is 31.4 Å². The van der Waals surface area contributed by atoms with E-state index in [1.54, 1.807) is 0 Å². The lowest BCUT2D eigenvalue weighted by atomic mass is 10.2. The monoisotopic (exact) mass is 248 g/mol. The van der Waals surface area contributed by atoms with E-state index in [4.69, 9.17) is 0 Å². The molecule has 4 nitrogen and oxygen atoms in total. The molecule has 100 valence electrons. The summed E-state index contributed by atoms with van der Waals surface area (Å²) in [5.74, 6) is 1.16. The minimum absolute atomic E-state index is 0.910. The van der Waals surface area contributed by atoms with Crippen LogP contribution in [0.5, 0.6) is 0 Å². The molecule has 0 spiro atoms. The maximum absolute atomic E-state index is 4.65. The van der Waals surface area contributed by atoms with Crippen LogP contribution in [0, 0.1) is 6.92 Å². The smallest absolute Gasteiger partial charge is 0.131 e. The third-order valence-corrected chi connectivity index (χ3v) is 3.49. The average Bonchev–Trinajstić information content (AvgIpc) is 2.38. The van der Waals surface area contributed by atoms with Gasteiger partial charge in [0, 0.05) is 38.9 Å². The van der Waals surface area contributed by atoms with Crippen LogP contribution in [0.1, 0.15) is 18.1 Å². The Balaban J connectivity index is 2.05. The van der Waals surface area contributed by atoms with Crippen molar-refractivity contribution in [3.8, 4) is 0 Å². The van der Waals surface area contributed by atoms with Crippen molar-refractivity contribution in [1.29, 1.82) is 0 Å². The van der Waals surface area contributed by atoms with Crippen LogP contribution in [0.4, 0.5) is 5.82 Å². The molecule has 2 heterocycles. The number of hydrogen-bond acceptors (Lipinski definition) is 4. The second-order valence-corrected chi connectivity index (χ2v) is 5.05. The molecule has 0 amide bonds. The van der Waals surface area contributed by atoms with Crippen LogP contribution >= 0.6 is 0 Å². The summed E-state index contributed by atoms with van der Waals surface area (Å²) in [4.78, 5) is 9.41. The van der Waals surface area contributed by atoms with E-state index in [0.717, 1.165) is 45.1 Å². The third-order valence-electron chi connectivity index (χ3n) is 3.49. The minimum Gasteiger partial charge on any atom is -0.354 e. The van der Waals surface area contributed by atoms with Gasteiger partial charge in [-0.15, -0.1) is 0 Å². The fourth-order valence-electron chi connectivity index (χ4n) is 2.34. The third kappa shape index (κ3) is 3.21. The molecule has 0 aliphatic carbocycles. The summed E-state index contributed by atoms with van der Waals surface area (Å²) in [5, 5.41) is 3.34. The Labute approximate surface area is 110 Å². The van der Waals surface area contributed by atoms with Crippen molar-refractivity contribution < 1.29 is 0 Å². The van der Waals surface area contributed by atoms with Crippen molar-refractivity contribution in [2.75, 3.05) is 44.7 Å². The Kier molecular flexibility index (Phi) is 4.55. The van der Waals surface area contributed by atoms with Crippen LogP contribution in [0.2, 0.25) is 0 Å². The summed E-state index contributed by atoms with van der Waals surface area (Å²) in [6.45, 7) is 10.6. The van der Waals surface area contributed by atoms with E-state index < -0.39 is 0 Å². The quantitative estimate of drug-likeness (QED) is 0.869. The number of anilines is 1. The number of piperazine rings is 1. The van der Waals surface area contributed by atoms with Crippen LogP contribution in [0.3, 0.4) is 0 Å². The zero-order chi connectivity index (χ0) is 13.0. The number of nitrogens with one attached hydrogen (secondary N) is 1. The predicted molar refractivity (Wildman–Crippen MR) is 76.1 cm³/mol. The van der Waals surface area contributed by atoms with E-state index in [2.05, 4.69) is 47.1 Å². The maximum atomic E-state index is 4.65. The molecule has 0 atom stereocenters. The highest BCUT2D eigenvalue weighted by Crippen LogP contribution is 2.19. The normalized spacial score (nSPS) is 17.2. The van der Waals surface area contributed by atoms with Gasteiger partial charge in [-0.05, 0) is 37.7 Å². The van der Waals surface area contributed by atoms with E-state index in [-0.39, 0.29) is 0 Å². The highest BCUT2D eigenvalue weighted by atomic mass is 15.3. The zero-order valence-electron chi connectivity index (χ0n) is 11.7. The molecule has 0 aromatic carbocycles. The Bertz CT molecular complexity index is 383. The number of pyridine rings is 1. The van der Waals surface area contributed by atoms with Gasteiger partial charge in [-0.1, -0.05) is 6.92 Å². The first-order valence-electron chi connectivity index (χ1n) is 6.80. The molecule has 1 aliphatic heterocycles. The van der Waals surface area contributed by atoms with Gasteiger partial charge >= 0.3 is 0 Å².